The third-order valence-electron chi connectivity index (χ3n) is 3.45. The van der Waals surface area contributed by atoms with E-state index in [2.05, 4.69) is 20.5 Å². The van der Waals surface area contributed by atoms with E-state index in [1.165, 1.54) is 11.3 Å². The van der Waals surface area contributed by atoms with Crippen LogP contribution in [0, 0.1) is 0 Å². The number of H-pyrrole nitrogens is 1. The van der Waals surface area contributed by atoms with E-state index in [4.69, 9.17) is 5.73 Å². The van der Waals surface area contributed by atoms with Crippen molar-refractivity contribution in [1.82, 2.24) is 15.2 Å². The topological polar surface area (TPSA) is 96.7 Å². The van der Waals surface area contributed by atoms with Crippen molar-refractivity contribution in [3.63, 3.8) is 0 Å². The number of aryl methyl sites for hydroxylation is 1. The summed E-state index contributed by atoms with van der Waals surface area (Å²) >= 11 is 1.37. The molecule has 2 aromatic heterocycles. The third kappa shape index (κ3) is 3.87. The first kappa shape index (κ1) is 17.4. The SMILES string of the molecule is CCc1nnc(NC(=O)[C@@H](N)Cc2c[nH]c3ccccc23)s1.Cl. The van der Waals surface area contributed by atoms with Crippen molar-refractivity contribution in [2.75, 3.05) is 5.32 Å². The van der Waals surface area contributed by atoms with Gasteiger partial charge in [-0.1, -0.05) is 36.5 Å². The van der Waals surface area contributed by atoms with Crippen LogP contribution in [0.1, 0.15) is 17.5 Å². The zero-order chi connectivity index (χ0) is 15.5. The summed E-state index contributed by atoms with van der Waals surface area (Å²) in [5, 5.41) is 13.1. The predicted octanol–water partition coefficient (Wildman–Crippen LogP) is 2.51. The molecular weight excluding hydrogens is 334 g/mol. The van der Waals surface area contributed by atoms with Gasteiger partial charge in [-0.05, 0) is 24.5 Å². The Bertz CT molecular complexity index is 800. The number of hydrogen-bond donors (Lipinski definition) is 3. The highest BCUT2D eigenvalue weighted by Gasteiger charge is 2.17. The molecule has 0 spiro atoms. The van der Waals surface area contributed by atoms with Crippen LogP contribution in [0.25, 0.3) is 10.9 Å². The standard InChI is InChI=1S/C15H17N5OS.ClH/c1-2-13-19-20-15(22-13)18-14(21)11(16)7-9-8-17-12-6-4-3-5-10(9)12;/h3-6,8,11,17H,2,7,16H2,1H3,(H,18,20,21);1H/t11-;/m0./s1. The summed E-state index contributed by atoms with van der Waals surface area (Å²) < 4.78 is 0. The Kier molecular flexibility index (Phi) is 5.70. The number of benzene rings is 1. The molecule has 0 aliphatic rings. The summed E-state index contributed by atoms with van der Waals surface area (Å²) in [5.74, 6) is -0.246. The molecule has 6 nitrogen and oxygen atoms in total. The summed E-state index contributed by atoms with van der Waals surface area (Å²) in [6, 6.07) is 7.32. The molecule has 3 aromatic rings. The minimum absolute atomic E-state index is 0. The van der Waals surface area contributed by atoms with E-state index in [0.29, 0.717) is 11.6 Å². The Morgan fingerprint density at radius 2 is 2.17 bits per heavy atom. The summed E-state index contributed by atoms with van der Waals surface area (Å²) in [4.78, 5) is 15.4. The molecule has 3 rings (SSSR count). The molecule has 0 bridgehead atoms. The van der Waals surface area contributed by atoms with Gasteiger partial charge in [-0.3, -0.25) is 10.1 Å². The summed E-state index contributed by atoms with van der Waals surface area (Å²) in [6.45, 7) is 1.99. The van der Waals surface area contributed by atoms with E-state index in [-0.39, 0.29) is 18.3 Å². The molecule has 0 saturated heterocycles. The first-order valence-electron chi connectivity index (χ1n) is 7.11. The maximum atomic E-state index is 12.2. The molecule has 8 heteroatoms. The minimum atomic E-state index is -0.631. The van der Waals surface area contributed by atoms with Gasteiger partial charge in [0.25, 0.3) is 0 Å². The molecular formula is C15H18ClN5OS. The van der Waals surface area contributed by atoms with Crippen LogP contribution in [0.2, 0.25) is 0 Å². The fourth-order valence-electron chi connectivity index (χ4n) is 2.28. The van der Waals surface area contributed by atoms with Gasteiger partial charge < -0.3 is 10.7 Å². The second kappa shape index (κ2) is 7.54. The molecule has 0 aliphatic heterocycles. The highest BCUT2D eigenvalue weighted by molar-refractivity contribution is 7.15. The van der Waals surface area contributed by atoms with Crippen molar-refractivity contribution in [2.45, 2.75) is 25.8 Å². The maximum absolute atomic E-state index is 12.2. The molecule has 122 valence electrons. The first-order chi connectivity index (χ1) is 10.7. The van der Waals surface area contributed by atoms with Crippen LogP contribution in [0.15, 0.2) is 30.5 Å². The fraction of sp³-hybridized carbons (Fsp3) is 0.267. The number of amides is 1. The number of aromatic amines is 1. The van der Waals surface area contributed by atoms with Gasteiger partial charge in [0.1, 0.15) is 5.01 Å². The van der Waals surface area contributed by atoms with Crippen LogP contribution < -0.4 is 11.1 Å². The lowest BCUT2D eigenvalue weighted by atomic mass is 10.1. The van der Waals surface area contributed by atoms with Gasteiger partial charge in [0.15, 0.2) is 0 Å². The van der Waals surface area contributed by atoms with Crippen LogP contribution in [0.4, 0.5) is 5.13 Å². The number of hydrogen-bond acceptors (Lipinski definition) is 5. The molecule has 0 radical (unpaired) electrons. The molecule has 4 N–H and O–H groups in total. The number of nitrogens with two attached hydrogens (primary N) is 1. The van der Waals surface area contributed by atoms with Crippen molar-refractivity contribution in [2.24, 2.45) is 5.73 Å². The van der Waals surface area contributed by atoms with E-state index in [1.807, 2.05) is 37.4 Å². The molecule has 1 amide bonds. The number of halogens is 1. The number of anilines is 1. The second-order valence-corrected chi connectivity index (χ2v) is 6.08. The molecule has 1 aromatic carbocycles. The predicted molar refractivity (Wildman–Crippen MR) is 95.1 cm³/mol. The second-order valence-electron chi connectivity index (χ2n) is 5.01. The summed E-state index contributed by atoms with van der Waals surface area (Å²) in [5.41, 5.74) is 8.09. The van der Waals surface area contributed by atoms with Gasteiger partial charge in [-0.25, -0.2) is 0 Å². The Labute approximate surface area is 143 Å². The van der Waals surface area contributed by atoms with Crippen molar-refractivity contribution in [1.29, 1.82) is 0 Å². The lowest BCUT2D eigenvalue weighted by Gasteiger charge is -2.09. The summed E-state index contributed by atoms with van der Waals surface area (Å²) in [7, 11) is 0. The van der Waals surface area contributed by atoms with Gasteiger partial charge in [-0.2, -0.15) is 0 Å². The average molecular weight is 352 g/mol. The minimum Gasteiger partial charge on any atom is -0.361 e. The van der Waals surface area contributed by atoms with Gasteiger partial charge >= 0.3 is 0 Å². The van der Waals surface area contributed by atoms with E-state index >= 15 is 0 Å². The molecule has 0 unspecified atom stereocenters. The Balaban J connectivity index is 0.00000192. The highest BCUT2D eigenvalue weighted by atomic mass is 35.5. The van der Waals surface area contributed by atoms with E-state index in [0.717, 1.165) is 27.9 Å². The number of para-hydroxylation sites is 1. The number of nitrogens with one attached hydrogen (secondary N) is 2. The number of rotatable bonds is 5. The maximum Gasteiger partial charge on any atom is 0.243 e. The van der Waals surface area contributed by atoms with Crippen LogP contribution >= 0.6 is 23.7 Å². The monoisotopic (exact) mass is 351 g/mol. The molecule has 1 atom stereocenters. The molecule has 0 saturated carbocycles. The lowest BCUT2D eigenvalue weighted by Crippen LogP contribution is -2.37. The molecule has 2 heterocycles. The number of fused-ring (bicyclic) bond motifs is 1. The van der Waals surface area contributed by atoms with Crippen molar-refractivity contribution in [3.8, 4) is 0 Å². The Hall–Kier alpha value is -1.96. The third-order valence-corrected chi connectivity index (χ3v) is 4.43. The van der Waals surface area contributed by atoms with Gasteiger partial charge in [0, 0.05) is 17.1 Å². The molecule has 0 fully saturated rings. The largest absolute Gasteiger partial charge is 0.361 e. The number of carbonyl (C=O) groups is 1. The van der Waals surface area contributed by atoms with Gasteiger partial charge in [-0.15, -0.1) is 22.6 Å². The number of aromatic nitrogens is 3. The fourth-order valence-corrected chi connectivity index (χ4v) is 2.96. The average Bonchev–Trinajstić information content (AvgIpc) is 3.14. The Morgan fingerprint density at radius 1 is 1.39 bits per heavy atom. The normalized spacial score (nSPS) is 11.9. The van der Waals surface area contributed by atoms with E-state index < -0.39 is 6.04 Å². The Morgan fingerprint density at radius 3 is 2.91 bits per heavy atom. The van der Waals surface area contributed by atoms with Crippen molar-refractivity contribution in [3.05, 3.63) is 41.0 Å². The zero-order valence-electron chi connectivity index (χ0n) is 12.6. The summed E-state index contributed by atoms with van der Waals surface area (Å²) in [6.07, 6.45) is 3.17. The zero-order valence-corrected chi connectivity index (χ0v) is 14.2. The van der Waals surface area contributed by atoms with Crippen molar-refractivity contribution < 1.29 is 4.79 Å². The van der Waals surface area contributed by atoms with Gasteiger partial charge in [0.2, 0.25) is 11.0 Å². The number of nitrogens with zero attached hydrogens (tertiary/aromatic N) is 2. The van der Waals surface area contributed by atoms with Crippen LogP contribution in [0.5, 0.6) is 0 Å². The number of carbonyl (C=O) groups excluding carboxylic acids is 1. The molecule has 23 heavy (non-hydrogen) atoms. The first-order valence-corrected chi connectivity index (χ1v) is 7.93. The lowest BCUT2D eigenvalue weighted by molar-refractivity contribution is -0.117. The van der Waals surface area contributed by atoms with Crippen molar-refractivity contribution >= 4 is 45.7 Å². The van der Waals surface area contributed by atoms with Crippen LogP contribution in [-0.2, 0) is 17.6 Å². The van der Waals surface area contributed by atoms with E-state index in [1.54, 1.807) is 0 Å². The van der Waals surface area contributed by atoms with E-state index in [9.17, 15) is 4.79 Å². The smallest absolute Gasteiger partial charge is 0.243 e. The highest BCUT2D eigenvalue weighted by Crippen LogP contribution is 2.20. The van der Waals surface area contributed by atoms with Crippen LogP contribution in [-0.4, -0.2) is 27.1 Å². The van der Waals surface area contributed by atoms with Crippen LogP contribution in [0.3, 0.4) is 0 Å². The quantitative estimate of drug-likeness (QED) is 0.658. The molecule has 0 aliphatic carbocycles. The van der Waals surface area contributed by atoms with Gasteiger partial charge in [0.05, 0.1) is 6.04 Å².